The first kappa shape index (κ1) is 13.0. The van der Waals surface area contributed by atoms with Crippen molar-refractivity contribution in [1.29, 1.82) is 0 Å². The van der Waals surface area contributed by atoms with Gasteiger partial charge in [0, 0.05) is 19.0 Å². The molecule has 0 radical (unpaired) electrons. The summed E-state index contributed by atoms with van der Waals surface area (Å²) in [5.41, 5.74) is 0.771. The normalized spacial score (nSPS) is 21.4. The van der Waals surface area contributed by atoms with Crippen molar-refractivity contribution in [1.82, 2.24) is 30.0 Å². The van der Waals surface area contributed by atoms with Gasteiger partial charge in [-0.05, 0) is 38.3 Å². The van der Waals surface area contributed by atoms with E-state index in [-0.39, 0.29) is 5.92 Å². The van der Waals surface area contributed by atoms with Gasteiger partial charge in [0.25, 0.3) is 0 Å². The van der Waals surface area contributed by atoms with E-state index < -0.39 is 0 Å². The van der Waals surface area contributed by atoms with Crippen LogP contribution in [0.1, 0.15) is 48.6 Å². The Morgan fingerprint density at radius 1 is 1.09 bits per heavy atom. The lowest BCUT2D eigenvalue weighted by atomic mass is 10.1. The van der Waals surface area contributed by atoms with E-state index in [0.717, 1.165) is 48.5 Å². The van der Waals surface area contributed by atoms with E-state index in [1.807, 2.05) is 19.1 Å². The van der Waals surface area contributed by atoms with Gasteiger partial charge in [0.15, 0.2) is 17.3 Å². The Hall–Kier alpha value is -2.51. The predicted octanol–water partition coefficient (Wildman–Crippen LogP) is 1.69. The van der Waals surface area contributed by atoms with E-state index in [1.54, 1.807) is 4.63 Å². The number of anilines is 1. The van der Waals surface area contributed by atoms with Crippen LogP contribution in [0.4, 0.5) is 5.82 Å². The summed E-state index contributed by atoms with van der Waals surface area (Å²) in [7, 11) is 0. The predicted molar refractivity (Wildman–Crippen MR) is 81.4 cm³/mol. The Morgan fingerprint density at radius 2 is 2.00 bits per heavy atom. The molecule has 23 heavy (non-hydrogen) atoms. The summed E-state index contributed by atoms with van der Waals surface area (Å²) in [6.45, 7) is 3.64. The molecule has 5 rings (SSSR count). The largest absolute Gasteiger partial charge is 0.354 e. The molecule has 0 bridgehead atoms. The maximum atomic E-state index is 5.47. The van der Waals surface area contributed by atoms with Gasteiger partial charge in [-0.15, -0.1) is 14.8 Å². The van der Waals surface area contributed by atoms with E-state index in [1.165, 1.54) is 12.8 Å². The molecule has 0 aromatic carbocycles. The van der Waals surface area contributed by atoms with Gasteiger partial charge in [0.2, 0.25) is 5.89 Å². The Labute approximate surface area is 132 Å². The Bertz CT molecular complexity index is 866. The highest BCUT2D eigenvalue weighted by Gasteiger charge is 2.33. The summed E-state index contributed by atoms with van der Waals surface area (Å²) < 4.78 is 7.07. The van der Waals surface area contributed by atoms with Crippen molar-refractivity contribution in [3.63, 3.8) is 0 Å². The molecule has 1 aliphatic heterocycles. The van der Waals surface area contributed by atoms with E-state index in [2.05, 4.69) is 30.2 Å². The topological polar surface area (TPSA) is 85.2 Å². The van der Waals surface area contributed by atoms with E-state index in [4.69, 9.17) is 4.52 Å². The van der Waals surface area contributed by atoms with Crippen LogP contribution in [0, 0.1) is 6.92 Å². The molecule has 0 amide bonds. The Balaban J connectivity index is 1.36. The zero-order valence-electron chi connectivity index (χ0n) is 12.9. The molecule has 8 heteroatoms. The zero-order valence-corrected chi connectivity index (χ0v) is 12.9. The second-order valence-corrected chi connectivity index (χ2v) is 6.39. The van der Waals surface area contributed by atoms with Crippen LogP contribution in [0.5, 0.6) is 0 Å². The molecule has 2 fully saturated rings. The van der Waals surface area contributed by atoms with Gasteiger partial charge >= 0.3 is 0 Å². The molecule has 0 N–H and O–H groups in total. The van der Waals surface area contributed by atoms with Gasteiger partial charge in [-0.3, -0.25) is 0 Å². The lowest BCUT2D eigenvalue weighted by Gasteiger charge is -2.16. The molecule has 1 atom stereocenters. The Morgan fingerprint density at radius 3 is 2.87 bits per heavy atom. The van der Waals surface area contributed by atoms with Crippen LogP contribution in [0.25, 0.3) is 5.65 Å². The fourth-order valence-electron chi connectivity index (χ4n) is 3.14. The van der Waals surface area contributed by atoms with Crippen LogP contribution in [0.15, 0.2) is 16.7 Å². The number of aryl methyl sites for hydroxylation is 1. The fraction of sp³-hybridized carbons (Fsp3) is 0.533. The smallest absolute Gasteiger partial charge is 0.231 e. The number of rotatable bonds is 3. The molecule has 4 heterocycles. The van der Waals surface area contributed by atoms with Gasteiger partial charge in [0.05, 0.1) is 5.92 Å². The number of aromatic nitrogens is 6. The number of fused-ring (bicyclic) bond motifs is 1. The third-order valence-corrected chi connectivity index (χ3v) is 4.56. The lowest BCUT2D eigenvalue weighted by Crippen LogP contribution is -2.21. The molecule has 1 saturated heterocycles. The highest BCUT2D eigenvalue weighted by atomic mass is 16.5. The molecule has 3 aromatic heterocycles. The van der Waals surface area contributed by atoms with Crippen molar-refractivity contribution >= 4 is 11.5 Å². The van der Waals surface area contributed by atoms with E-state index in [0.29, 0.717) is 5.92 Å². The molecule has 2 aliphatic rings. The molecular formula is C15H17N7O. The minimum absolute atomic E-state index is 0.282. The first-order valence-electron chi connectivity index (χ1n) is 8.05. The third-order valence-electron chi connectivity index (χ3n) is 4.56. The SMILES string of the molecule is Cc1nc2ccc(N3CC[C@H](c4nc(C5CC5)no4)C3)nn2n1. The van der Waals surface area contributed by atoms with Crippen LogP contribution < -0.4 is 4.90 Å². The van der Waals surface area contributed by atoms with Crippen LogP contribution in [0.2, 0.25) is 0 Å². The first-order valence-corrected chi connectivity index (χ1v) is 8.05. The Kier molecular flexibility index (Phi) is 2.67. The second-order valence-electron chi connectivity index (χ2n) is 6.39. The highest BCUT2D eigenvalue weighted by Crippen LogP contribution is 2.39. The van der Waals surface area contributed by atoms with Gasteiger partial charge in [0.1, 0.15) is 5.82 Å². The highest BCUT2D eigenvalue weighted by molar-refractivity contribution is 5.46. The zero-order chi connectivity index (χ0) is 15.4. The summed E-state index contributed by atoms with van der Waals surface area (Å²) in [5.74, 6) is 4.11. The third kappa shape index (κ3) is 2.25. The van der Waals surface area contributed by atoms with Crippen LogP contribution in [0.3, 0.4) is 0 Å². The van der Waals surface area contributed by atoms with Crippen LogP contribution in [-0.4, -0.2) is 43.0 Å². The maximum Gasteiger partial charge on any atom is 0.231 e. The summed E-state index contributed by atoms with van der Waals surface area (Å²) in [5, 5.41) is 13.0. The molecule has 8 nitrogen and oxygen atoms in total. The minimum atomic E-state index is 0.282. The van der Waals surface area contributed by atoms with E-state index in [9.17, 15) is 0 Å². The first-order chi connectivity index (χ1) is 11.3. The fourth-order valence-corrected chi connectivity index (χ4v) is 3.14. The molecule has 0 unspecified atom stereocenters. The van der Waals surface area contributed by atoms with Crippen molar-refractivity contribution in [3.05, 3.63) is 29.7 Å². The average Bonchev–Trinajstić information content (AvgIpc) is 2.99. The van der Waals surface area contributed by atoms with Crippen molar-refractivity contribution in [2.24, 2.45) is 0 Å². The monoisotopic (exact) mass is 311 g/mol. The molecule has 1 saturated carbocycles. The second kappa shape index (κ2) is 4.74. The number of nitrogens with zero attached hydrogens (tertiary/aromatic N) is 7. The molecule has 0 spiro atoms. The number of hydrogen-bond donors (Lipinski definition) is 0. The van der Waals surface area contributed by atoms with Gasteiger partial charge in [-0.25, -0.2) is 4.98 Å². The van der Waals surface area contributed by atoms with Gasteiger partial charge in [-0.1, -0.05) is 5.16 Å². The van der Waals surface area contributed by atoms with E-state index >= 15 is 0 Å². The summed E-state index contributed by atoms with van der Waals surface area (Å²) in [4.78, 5) is 11.1. The van der Waals surface area contributed by atoms with Gasteiger partial charge < -0.3 is 9.42 Å². The quantitative estimate of drug-likeness (QED) is 0.727. The van der Waals surface area contributed by atoms with Crippen LogP contribution in [-0.2, 0) is 0 Å². The standard InChI is InChI=1S/C15H17N7O/c1-9-16-12-4-5-13(19-22(12)18-9)21-7-6-11(8-21)15-17-14(20-23-15)10-2-3-10/h4-5,10-11H,2-3,6-8H2,1H3/t11-/m0/s1. The van der Waals surface area contributed by atoms with Crippen molar-refractivity contribution < 1.29 is 4.52 Å². The molecule has 3 aromatic rings. The van der Waals surface area contributed by atoms with Crippen molar-refractivity contribution in [2.75, 3.05) is 18.0 Å². The maximum absolute atomic E-state index is 5.47. The average molecular weight is 311 g/mol. The summed E-state index contributed by atoms with van der Waals surface area (Å²) >= 11 is 0. The molecule has 1 aliphatic carbocycles. The summed E-state index contributed by atoms with van der Waals surface area (Å²) in [6.07, 6.45) is 3.39. The van der Waals surface area contributed by atoms with Crippen molar-refractivity contribution in [3.8, 4) is 0 Å². The lowest BCUT2D eigenvalue weighted by molar-refractivity contribution is 0.355. The summed E-state index contributed by atoms with van der Waals surface area (Å²) in [6, 6.07) is 3.95. The number of hydrogen-bond acceptors (Lipinski definition) is 7. The minimum Gasteiger partial charge on any atom is -0.354 e. The molecule has 118 valence electrons. The van der Waals surface area contributed by atoms with Gasteiger partial charge in [-0.2, -0.15) is 4.98 Å². The van der Waals surface area contributed by atoms with Crippen molar-refractivity contribution in [2.45, 2.75) is 38.0 Å². The van der Waals surface area contributed by atoms with Crippen LogP contribution >= 0.6 is 0 Å². The molecular weight excluding hydrogens is 294 g/mol.